The molecular formula is C40H69NO7. The Labute approximate surface area is 293 Å². The Bertz CT molecular complexity index is 932. The van der Waals surface area contributed by atoms with E-state index in [0.29, 0.717) is 12.8 Å². The van der Waals surface area contributed by atoms with Crippen LogP contribution >= 0.6 is 0 Å². The van der Waals surface area contributed by atoms with Gasteiger partial charge in [-0.3, -0.25) is 9.59 Å². The normalized spacial score (nSPS) is 13.6. The summed E-state index contributed by atoms with van der Waals surface area (Å²) in [7, 11) is 5.37. The summed E-state index contributed by atoms with van der Waals surface area (Å²) in [5.74, 6) is -1.81. The number of quaternary nitrogens is 1. The third-order valence-corrected chi connectivity index (χ3v) is 7.95. The number of likely N-dealkylation sites (N-methyl/N-ethyl adjacent to an activating group) is 1. The molecule has 276 valence electrons. The summed E-state index contributed by atoms with van der Waals surface area (Å²) >= 11 is 0. The summed E-state index contributed by atoms with van der Waals surface area (Å²) in [4.78, 5) is 36.6. The molecule has 0 aliphatic rings. The van der Waals surface area contributed by atoms with Crippen LogP contribution in [0.3, 0.4) is 0 Å². The molecule has 0 saturated heterocycles. The largest absolute Gasteiger partial charge is 0.544 e. The lowest BCUT2D eigenvalue weighted by Gasteiger charge is -2.34. The third kappa shape index (κ3) is 29.4. The van der Waals surface area contributed by atoms with Gasteiger partial charge in [0, 0.05) is 19.3 Å². The van der Waals surface area contributed by atoms with Crippen LogP contribution in [0.5, 0.6) is 0 Å². The molecule has 0 N–H and O–H groups in total. The molecular weight excluding hydrogens is 606 g/mol. The zero-order valence-electron chi connectivity index (χ0n) is 31.1. The second kappa shape index (κ2) is 31.6. The van der Waals surface area contributed by atoms with Crippen LogP contribution in [0, 0.1) is 0 Å². The van der Waals surface area contributed by atoms with Gasteiger partial charge in [0.1, 0.15) is 12.6 Å². The molecule has 0 bridgehead atoms. The minimum absolute atomic E-state index is 0.0213. The highest BCUT2D eigenvalue weighted by molar-refractivity contribution is 5.70. The Morgan fingerprint density at radius 2 is 1.17 bits per heavy atom. The Morgan fingerprint density at radius 3 is 1.79 bits per heavy atom. The van der Waals surface area contributed by atoms with Gasteiger partial charge in [0.05, 0.1) is 40.3 Å². The van der Waals surface area contributed by atoms with Crippen LogP contribution in [0.4, 0.5) is 0 Å². The molecule has 8 nitrogen and oxygen atoms in total. The van der Waals surface area contributed by atoms with Crippen LogP contribution in [0.15, 0.2) is 48.6 Å². The summed E-state index contributed by atoms with van der Waals surface area (Å²) in [6, 6.07) is -0.733. The molecule has 0 aromatic rings. The maximum atomic E-state index is 12.6. The van der Waals surface area contributed by atoms with Crippen LogP contribution in [-0.4, -0.2) is 75.5 Å². The molecule has 0 spiro atoms. The number of allylic oxidation sites excluding steroid dienone is 8. The second-order valence-corrected chi connectivity index (χ2v) is 13.4. The average molecular weight is 676 g/mol. The molecule has 0 aliphatic heterocycles. The predicted octanol–water partition coefficient (Wildman–Crippen LogP) is 7.96. The monoisotopic (exact) mass is 676 g/mol. The van der Waals surface area contributed by atoms with Crippen LogP contribution < -0.4 is 5.11 Å². The number of carbonyl (C=O) groups excluding carboxylic acids is 3. The van der Waals surface area contributed by atoms with Gasteiger partial charge >= 0.3 is 11.9 Å². The zero-order valence-corrected chi connectivity index (χ0v) is 31.1. The van der Waals surface area contributed by atoms with Crippen molar-refractivity contribution in [3.8, 4) is 0 Å². The van der Waals surface area contributed by atoms with E-state index in [-0.39, 0.29) is 49.1 Å². The maximum absolute atomic E-state index is 12.6. The summed E-state index contributed by atoms with van der Waals surface area (Å²) in [6.45, 7) is 4.44. The second-order valence-electron chi connectivity index (χ2n) is 13.4. The molecule has 0 fully saturated rings. The standard InChI is InChI=1S/C40H69NO7/c1-6-8-10-12-14-16-18-20-22-24-26-28-30-38(42)47-35-36(34-46-33-32-37(40(44)45)41(3,4)5)48-39(43)31-29-27-25-23-21-19-17-15-13-11-9-7-2/h9,11,14-17,21,23,36-37H,6-8,10,12-13,18-20,22,24-35H2,1-5H3/b11-9+,16-14+,17-15+,23-21+. The van der Waals surface area contributed by atoms with E-state index in [4.69, 9.17) is 14.2 Å². The van der Waals surface area contributed by atoms with Gasteiger partial charge in [0.25, 0.3) is 0 Å². The smallest absolute Gasteiger partial charge is 0.306 e. The van der Waals surface area contributed by atoms with E-state index < -0.39 is 18.1 Å². The molecule has 0 aromatic carbocycles. The first-order valence-electron chi connectivity index (χ1n) is 18.7. The van der Waals surface area contributed by atoms with E-state index in [1.54, 1.807) is 21.1 Å². The Kier molecular flexibility index (Phi) is 29.8. The SMILES string of the molecule is CC/C=C/C/C=C/C/C=C/CCCCC(=O)OC(COCCC(C(=O)[O-])[N+](C)(C)C)COC(=O)CCCCCCC/C=C/CCCCC. The molecule has 2 unspecified atom stereocenters. The zero-order chi connectivity index (χ0) is 35.7. The number of hydrogen-bond acceptors (Lipinski definition) is 7. The molecule has 48 heavy (non-hydrogen) atoms. The van der Waals surface area contributed by atoms with Crippen LogP contribution in [0.2, 0.25) is 0 Å². The lowest BCUT2D eigenvalue weighted by Crippen LogP contribution is -2.55. The fourth-order valence-electron chi connectivity index (χ4n) is 5.02. The first kappa shape index (κ1) is 45.3. The van der Waals surface area contributed by atoms with Crippen molar-refractivity contribution < 1.29 is 38.2 Å². The van der Waals surface area contributed by atoms with Crippen LogP contribution in [0.1, 0.15) is 136 Å². The molecule has 0 aliphatic carbocycles. The van der Waals surface area contributed by atoms with Crippen molar-refractivity contribution in [2.24, 2.45) is 0 Å². The van der Waals surface area contributed by atoms with E-state index in [9.17, 15) is 19.5 Å². The molecule has 0 saturated carbocycles. The summed E-state index contributed by atoms with van der Waals surface area (Å²) < 4.78 is 17.0. The Morgan fingerprint density at radius 1 is 0.646 bits per heavy atom. The fraction of sp³-hybridized carbons (Fsp3) is 0.725. The first-order valence-corrected chi connectivity index (χ1v) is 18.7. The number of ether oxygens (including phenoxy) is 3. The molecule has 0 aromatic heterocycles. The summed E-state index contributed by atoms with van der Waals surface area (Å²) in [6.07, 6.45) is 34.3. The van der Waals surface area contributed by atoms with Gasteiger partial charge in [-0.05, 0) is 70.6 Å². The number of carbonyl (C=O) groups is 3. The molecule has 2 atom stereocenters. The number of rotatable bonds is 32. The van der Waals surface area contributed by atoms with Crippen LogP contribution in [-0.2, 0) is 28.6 Å². The third-order valence-electron chi connectivity index (χ3n) is 7.95. The Hall–Kier alpha value is -2.71. The molecule has 0 rings (SSSR count). The number of carboxylic acids is 1. The minimum atomic E-state index is -1.14. The fourth-order valence-corrected chi connectivity index (χ4v) is 5.02. The number of aliphatic carboxylic acids is 1. The van der Waals surface area contributed by atoms with Crippen molar-refractivity contribution >= 4 is 17.9 Å². The average Bonchev–Trinajstić information content (AvgIpc) is 3.03. The van der Waals surface area contributed by atoms with Crippen molar-refractivity contribution in [2.45, 2.75) is 148 Å². The van der Waals surface area contributed by atoms with E-state index in [1.165, 1.54) is 32.1 Å². The molecule has 8 heteroatoms. The van der Waals surface area contributed by atoms with Gasteiger partial charge in [-0.25, -0.2) is 0 Å². The molecule has 0 heterocycles. The molecule has 0 amide bonds. The number of carboxylic acid groups (broad SMARTS) is 1. The number of nitrogens with zero attached hydrogens (tertiary/aromatic N) is 1. The number of esters is 2. The van der Waals surface area contributed by atoms with Gasteiger partial charge in [-0.2, -0.15) is 0 Å². The van der Waals surface area contributed by atoms with Gasteiger partial charge in [0.15, 0.2) is 6.10 Å². The van der Waals surface area contributed by atoms with Crippen molar-refractivity contribution in [1.82, 2.24) is 0 Å². The predicted molar refractivity (Wildman–Crippen MR) is 194 cm³/mol. The lowest BCUT2D eigenvalue weighted by molar-refractivity contribution is -0.889. The van der Waals surface area contributed by atoms with E-state index >= 15 is 0 Å². The highest BCUT2D eigenvalue weighted by Crippen LogP contribution is 2.11. The van der Waals surface area contributed by atoms with Gasteiger partial charge in [-0.15, -0.1) is 0 Å². The number of hydrogen-bond donors (Lipinski definition) is 0. The maximum Gasteiger partial charge on any atom is 0.306 e. The first-order chi connectivity index (χ1) is 23.1. The summed E-state index contributed by atoms with van der Waals surface area (Å²) in [5, 5.41) is 11.6. The minimum Gasteiger partial charge on any atom is -0.544 e. The number of unbranched alkanes of at least 4 members (excludes halogenated alkanes) is 10. The van der Waals surface area contributed by atoms with Crippen molar-refractivity contribution in [3.63, 3.8) is 0 Å². The van der Waals surface area contributed by atoms with Crippen molar-refractivity contribution in [2.75, 3.05) is 41.0 Å². The topological polar surface area (TPSA) is 102 Å². The van der Waals surface area contributed by atoms with E-state index in [2.05, 4.69) is 62.5 Å². The molecule has 0 radical (unpaired) electrons. The van der Waals surface area contributed by atoms with Crippen molar-refractivity contribution in [1.29, 1.82) is 0 Å². The van der Waals surface area contributed by atoms with Crippen LogP contribution in [0.25, 0.3) is 0 Å². The van der Waals surface area contributed by atoms with E-state index in [0.717, 1.165) is 64.2 Å². The van der Waals surface area contributed by atoms with Gasteiger partial charge < -0.3 is 28.6 Å². The highest BCUT2D eigenvalue weighted by atomic mass is 16.6. The highest BCUT2D eigenvalue weighted by Gasteiger charge is 2.25. The van der Waals surface area contributed by atoms with E-state index in [1.807, 2.05) is 0 Å². The summed E-state index contributed by atoms with van der Waals surface area (Å²) in [5.41, 5.74) is 0. The Balaban J connectivity index is 4.52. The van der Waals surface area contributed by atoms with Crippen molar-refractivity contribution in [3.05, 3.63) is 48.6 Å². The lowest BCUT2D eigenvalue weighted by atomic mass is 10.1. The van der Waals surface area contributed by atoms with Gasteiger partial charge in [-0.1, -0.05) is 94.6 Å². The quantitative estimate of drug-likeness (QED) is 0.0309. The van der Waals surface area contributed by atoms with Gasteiger partial charge in [0.2, 0.25) is 0 Å².